The molecular formula is C23H27N3O2. The van der Waals surface area contributed by atoms with Crippen LogP contribution in [0.5, 0.6) is 0 Å². The van der Waals surface area contributed by atoms with E-state index in [9.17, 15) is 9.59 Å². The van der Waals surface area contributed by atoms with Crippen LogP contribution in [0.2, 0.25) is 0 Å². The molecule has 1 saturated carbocycles. The van der Waals surface area contributed by atoms with Crippen molar-refractivity contribution in [3.05, 3.63) is 60.2 Å². The second-order valence-corrected chi connectivity index (χ2v) is 7.95. The molecule has 0 radical (unpaired) electrons. The van der Waals surface area contributed by atoms with Gasteiger partial charge in [-0.1, -0.05) is 54.6 Å². The Morgan fingerprint density at radius 3 is 2.43 bits per heavy atom. The van der Waals surface area contributed by atoms with Gasteiger partial charge in [-0.2, -0.15) is 0 Å². The summed E-state index contributed by atoms with van der Waals surface area (Å²) in [4.78, 5) is 28.1. The summed E-state index contributed by atoms with van der Waals surface area (Å²) in [6.07, 6.45) is 2.83. The molecule has 2 aromatic rings. The fraction of sp³-hybridized carbons (Fsp3) is 0.391. The highest BCUT2D eigenvalue weighted by molar-refractivity contribution is 5.79. The first-order valence-electron chi connectivity index (χ1n) is 10.0. The topological polar surface area (TPSA) is 52.7 Å². The standard InChI is InChI=1S/C23H27N3O2/c1-25(15-17-7-9-20(10-8-17)19-5-3-2-4-6-19)23(28)24-14-18-13-22(27)26(16-18)21-11-12-21/h2-10,18,21H,11-16H2,1H3,(H,24,28). The number of amides is 3. The third-order valence-corrected chi connectivity index (χ3v) is 5.60. The predicted octanol–water partition coefficient (Wildman–Crippen LogP) is 3.51. The first kappa shape index (κ1) is 18.5. The van der Waals surface area contributed by atoms with Crippen LogP contribution < -0.4 is 5.32 Å². The number of hydrogen-bond donors (Lipinski definition) is 1. The molecule has 0 bridgehead atoms. The Kier molecular flexibility index (Phi) is 5.33. The van der Waals surface area contributed by atoms with Crippen LogP contribution in [-0.4, -0.2) is 47.9 Å². The zero-order valence-corrected chi connectivity index (χ0v) is 16.3. The van der Waals surface area contributed by atoms with Gasteiger partial charge >= 0.3 is 6.03 Å². The maximum absolute atomic E-state index is 12.4. The second-order valence-electron chi connectivity index (χ2n) is 7.95. The van der Waals surface area contributed by atoms with Crippen LogP contribution in [0.1, 0.15) is 24.8 Å². The Hall–Kier alpha value is -2.82. The minimum atomic E-state index is -0.0931. The van der Waals surface area contributed by atoms with Crippen molar-refractivity contribution in [2.24, 2.45) is 5.92 Å². The van der Waals surface area contributed by atoms with Gasteiger partial charge in [-0.25, -0.2) is 4.79 Å². The van der Waals surface area contributed by atoms with Gasteiger partial charge in [0.15, 0.2) is 0 Å². The van der Waals surface area contributed by atoms with Crippen LogP contribution in [0, 0.1) is 5.92 Å². The number of likely N-dealkylation sites (tertiary alicyclic amines) is 1. The van der Waals surface area contributed by atoms with Gasteiger partial charge in [0, 0.05) is 45.1 Å². The Balaban J connectivity index is 1.26. The lowest BCUT2D eigenvalue weighted by molar-refractivity contribution is -0.128. The van der Waals surface area contributed by atoms with E-state index in [1.165, 1.54) is 11.1 Å². The zero-order chi connectivity index (χ0) is 19.5. The molecule has 2 aromatic carbocycles. The van der Waals surface area contributed by atoms with E-state index in [0.717, 1.165) is 24.9 Å². The molecule has 1 aliphatic heterocycles. The van der Waals surface area contributed by atoms with E-state index in [2.05, 4.69) is 41.7 Å². The van der Waals surface area contributed by atoms with Gasteiger partial charge < -0.3 is 15.1 Å². The Morgan fingerprint density at radius 1 is 1.07 bits per heavy atom. The highest BCUT2D eigenvalue weighted by atomic mass is 16.2. The number of carbonyl (C=O) groups is 2. The van der Waals surface area contributed by atoms with E-state index in [-0.39, 0.29) is 17.9 Å². The Bertz CT molecular complexity index is 831. The molecule has 28 heavy (non-hydrogen) atoms. The molecule has 0 aromatic heterocycles. The summed E-state index contributed by atoms with van der Waals surface area (Å²) < 4.78 is 0. The minimum absolute atomic E-state index is 0.0931. The first-order chi connectivity index (χ1) is 13.6. The van der Waals surface area contributed by atoms with Crippen molar-refractivity contribution in [3.63, 3.8) is 0 Å². The van der Waals surface area contributed by atoms with Crippen LogP contribution in [0.3, 0.4) is 0 Å². The van der Waals surface area contributed by atoms with E-state index >= 15 is 0 Å². The first-order valence-corrected chi connectivity index (χ1v) is 10.0. The van der Waals surface area contributed by atoms with Crippen LogP contribution in [0.15, 0.2) is 54.6 Å². The minimum Gasteiger partial charge on any atom is -0.339 e. The molecule has 2 aliphatic rings. The summed E-state index contributed by atoms with van der Waals surface area (Å²) in [5, 5.41) is 2.99. The average Bonchev–Trinajstić information content (AvgIpc) is 3.49. The molecule has 1 N–H and O–H groups in total. The molecule has 146 valence electrons. The smallest absolute Gasteiger partial charge is 0.317 e. The Morgan fingerprint density at radius 2 is 1.75 bits per heavy atom. The molecule has 0 spiro atoms. The predicted molar refractivity (Wildman–Crippen MR) is 110 cm³/mol. The maximum Gasteiger partial charge on any atom is 0.317 e. The lowest BCUT2D eigenvalue weighted by atomic mass is 10.0. The van der Waals surface area contributed by atoms with Gasteiger partial charge in [-0.15, -0.1) is 0 Å². The van der Waals surface area contributed by atoms with E-state index in [0.29, 0.717) is 25.6 Å². The molecule has 1 heterocycles. The van der Waals surface area contributed by atoms with E-state index in [1.54, 1.807) is 11.9 Å². The van der Waals surface area contributed by atoms with Crippen LogP contribution in [0.25, 0.3) is 11.1 Å². The monoisotopic (exact) mass is 377 g/mol. The second kappa shape index (κ2) is 8.05. The maximum atomic E-state index is 12.4. The summed E-state index contributed by atoms with van der Waals surface area (Å²) in [6.45, 7) is 1.90. The van der Waals surface area contributed by atoms with Crippen LogP contribution >= 0.6 is 0 Å². The van der Waals surface area contributed by atoms with Gasteiger partial charge in [-0.3, -0.25) is 4.79 Å². The van der Waals surface area contributed by atoms with Gasteiger partial charge in [0.05, 0.1) is 0 Å². The largest absolute Gasteiger partial charge is 0.339 e. The van der Waals surface area contributed by atoms with Crippen molar-refractivity contribution in [2.45, 2.75) is 31.8 Å². The van der Waals surface area contributed by atoms with Gasteiger partial charge in [-0.05, 0) is 29.5 Å². The third-order valence-electron chi connectivity index (χ3n) is 5.60. The summed E-state index contributed by atoms with van der Waals surface area (Å²) in [5.74, 6) is 0.476. The number of carbonyl (C=O) groups excluding carboxylic acids is 2. The normalized spacial score (nSPS) is 19.0. The molecule has 1 atom stereocenters. The average molecular weight is 377 g/mol. The number of rotatable bonds is 6. The fourth-order valence-electron chi connectivity index (χ4n) is 3.83. The molecule has 1 unspecified atom stereocenters. The summed E-state index contributed by atoms with van der Waals surface area (Å²) in [7, 11) is 1.80. The highest BCUT2D eigenvalue weighted by Crippen LogP contribution is 2.32. The number of hydrogen-bond acceptors (Lipinski definition) is 2. The SMILES string of the molecule is CN(Cc1ccc(-c2ccccc2)cc1)C(=O)NCC1CC(=O)N(C2CC2)C1. The van der Waals surface area contributed by atoms with E-state index in [4.69, 9.17) is 0 Å². The van der Waals surface area contributed by atoms with E-state index in [1.807, 2.05) is 23.1 Å². The zero-order valence-electron chi connectivity index (χ0n) is 16.3. The molecule has 5 heteroatoms. The number of nitrogens with one attached hydrogen (secondary N) is 1. The van der Waals surface area contributed by atoms with Gasteiger partial charge in [0.1, 0.15) is 0 Å². The van der Waals surface area contributed by atoms with Crippen molar-refractivity contribution in [1.29, 1.82) is 0 Å². The summed E-state index contributed by atoms with van der Waals surface area (Å²) in [6, 6.07) is 18.9. The van der Waals surface area contributed by atoms with Gasteiger partial charge in [0.2, 0.25) is 5.91 Å². The third kappa shape index (κ3) is 4.35. The molecule has 4 rings (SSSR count). The molecule has 1 saturated heterocycles. The van der Waals surface area contributed by atoms with Crippen molar-refractivity contribution < 1.29 is 9.59 Å². The molecule has 3 amide bonds. The quantitative estimate of drug-likeness (QED) is 0.838. The molecule has 1 aliphatic carbocycles. The van der Waals surface area contributed by atoms with Gasteiger partial charge in [0.25, 0.3) is 0 Å². The highest BCUT2D eigenvalue weighted by Gasteiger charge is 2.39. The molecule has 5 nitrogen and oxygen atoms in total. The van der Waals surface area contributed by atoms with Crippen molar-refractivity contribution in [3.8, 4) is 11.1 Å². The van der Waals surface area contributed by atoms with Crippen LogP contribution in [0.4, 0.5) is 4.79 Å². The number of nitrogens with zero attached hydrogens (tertiary/aromatic N) is 2. The fourth-order valence-corrected chi connectivity index (χ4v) is 3.83. The van der Waals surface area contributed by atoms with Crippen molar-refractivity contribution in [1.82, 2.24) is 15.1 Å². The number of benzene rings is 2. The molecular weight excluding hydrogens is 350 g/mol. The molecule has 2 fully saturated rings. The van der Waals surface area contributed by atoms with E-state index < -0.39 is 0 Å². The lowest BCUT2D eigenvalue weighted by Gasteiger charge is -2.20. The van der Waals surface area contributed by atoms with Crippen LogP contribution in [-0.2, 0) is 11.3 Å². The summed E-state index contributed by atoms with van der Waals surface area (Å²) >= 11 is 0. The summed E-state index contributed by atoms with van der Waals surface area (Å²) in [5.41, 5.74) is 3.45. The van der Waals surface area contributed by atoms with Crippen molar-refractivity contribution >= 4 is 11.9 Å². The van der Waals surface area contributed by atoms with Crippen molar-refractivity contribution in [2.75, 3.05) is 20.1 Å². The lowest BCUT2D eigenvalue weighted by Crippen LogP contribution is -2.39. The number of urea groups is 1. The Labute approximate surface area is 166 Å².